The molecule has 1 heteroatoms. The molecule has 4 aromatic rings. The van der Waals surface area contributed by atoms with E-state index in [9.17, 15) is 0 Å². The summed E-state index contributed by atoms with van der Waals surface area (Å²) in [6, 6.07) is 35.7. The van der Waals surface area contributed by atoms with Gasteiger partial charge in [0.2, 0.25) is 0 Å². The second-order valence-corrected chi connectivity index (χ2v) is 9.65. The summed E-state index contributed by atoms with van der Waals surface area (Å²) >= 11 is 0. The molecule has 0 unspecified atom stereocenters. The van der Waals surface area contributed by atoms with Crippen LogP contribution in [0.4, 0.5) is 11.4 Å². The summed E-state index contributed by atoms with van der Waals surface area (Å²) in [7, 11) is 0. The Labute approximate surface area is 217 Å². The van der Waals surface area contributed by atoms with Gasteiger partial charge < -0.3 is 5.32 Å². The topological polar surface area (TPSA) is 12.0 Å². The molecule has 4 rings (SSSR count). The van der Waals surface area contributed by atoms with Crippen molar-refractivity contribution in [1.29, 1.82) is 0 Å². The first-order valence-electron chi connectivity index (χ1n) is 13.5. The van der Waals surface area contributed by atoms with Gasteiger partial charge in [-0.2, -0.15) is 0 Å². The second kappa shape index (κ2) is 12.9. The van der Waals surface area contributed by atoms with E-state index in [0.717, 1.165) is 37.1 Å². The van der Waals surface area contributed by atoms with Crippen molar-refractivity contribution in [3.05, 3.63) is 130 Å². The number of rotatable bonds is 11. The van der Waals surface area contributed by atoms with Crippen LogP contribution in [0, 0.1) is 0 Å². The molecule has 0 heterocycles. The number of hydrogen-bond acceptors (Lipinski definition) is 1. The van der Waals surface area contributed by atoms with Crippen molar-refractivity contribution in [1.82, 2.24) is 0 Å². The minimum atomic E-state index is 1.10. The minimum absolute atomic E-state index is 1.10. The van der Waals surface area contributed by atoms with E-state index in [0.29, 0.717) is 0 Å². The molecule has 0 amide bonds. The van der Waals surface area contributed by atoms with E-state index in [1.807, 2.05) is 0 Å². The van der Waals surface area contributed by atoms with Crippen molar-refractivity contribution in [3.8, 4) is 0 Å². The summed E-state index contributed by atoms with van der Waals surface area (Å²) in [5, 5.41) is 3.54. The summed E-state index contributed by atoms with van der Waals surface area (Å²) in [4.78, 5) is 0. The van der Waals surface area contributed by atoms with Crippen LogP contribution in [0.15, 0.2) is 97.1 Å². The number of benzene rings is 4. The van der Waals surface area contributed by atoms with E-state index in [4.69, 9.17) is 0 Å². The van der Waals surface area contributed by atoms with Gasteiger partial charge in [0.15, 0.2) is 0 Å². The Morgan fingerprint density at radius 1 is 0.556 bits per heavy atom. The van der Waals surface area contributed by atoms with Gasteiger partial charge in [-0.05, 0) is 88.6 Å². The number of hydrogen-bond donors (Lipinski definition) is 1. The van der Waals surface area contributed by atoms with Crippen LogP contribution in [0.25, 0.3) is 11.6 Å². The van der Waals surface area contributed by atoms with Crippen molar-refractivity contribution in [2.75, 3.05) is 5.32 Å². The Morgan fingerprint density at radius 2 is 1.08 bits per heavy atom. The SMILES string of the molecule is CCCc1ccc(Nc2ccc(C=C(c3ccc(CCC)cc3)c3cccc(CCC)c3)cc2)cc1. The van der Waals surface area contributed by atoms with Crippen molar-refractivity contribution in [2.24, 2.45) is 0 Å². The zero-order valence-corrected chi connectivity index (χ0v) is 22.1. The summed E-state index contributed by atoms with van der Waals surface area (Å²) in [6.07, 6.45) is 9.19. The van der Waals surface area contributed by atoms with Gasteiger partial charge in [-0.3, -0.25) is 0 Å². The number of anilines is 2. The highest BCUT2D eigenvalue weighted by Crippen LogP contribution is 2.28. The van der Waals surface area contributed by atoms with Crippen molar-refractivity contribution in [3.63, 3.8) is 0 Å². The summed E-state index contributed by atoms with van der Waals surface area (Å²) in [5.74, 6) is 0. The third-order valence-electron chi connectivity index (χ3n) is 6.58. The lowest BCUT2D eigenvalue weighted by atomic mass is 9.93. The van der Waals surface area contributed by atoms with E-state index in [1.165, 1.54) is 51.8 Å². The first kappa shape index (κ1) is 25.5. The normalized spacial score (nSPS) is 11.5. The molecule has 0 bridgehead atoms. The van der Waals surface area contributed by atoms with Gasteiger partial charge >= 0.3 is 0 Å². The van der Waals surface area contributed by atoms with E-state index in [-0.39, 0.29) is 0 Å². The molecule has 0 atom stereocenters. The van der Waals surface area contributed by atoms with Crippen molar-refractivity contribution in [2.45, 2.75) is 59.3 Å². The molecule has 184 valence electrons. The number of aryl methyl sites for hydroxylation is 3. The molecule has 0 aromatic heterocycles. The van der Waals surface area contributed by atoms with Gasteiger partial charge in [0.1, 0.15) is 0 Å². The molecular formula is C35H39N. The second-order valence-electron chi connectivity index (χ2n) is 9.65. The Bertz CT molecular complexity index is 1250. The van der Waals surface area contributed by atoms with Crippen LogP contribution in [0.1, 0.15) is 73.4 Å². The fourth-order valence-corrected chi connectivity index (χ4v) is 4.70. The zero-order valence-electron chi connectivity index (χ0n) is 22.1. The maximum Gasteiger partial charge on any atom is 0.0384 e. The van der Waals surface area contributed by atoms with Gasteiger partial charge in [-0.25, -0.2) is 0 Å². The molecule has 0 radical (unpaired) electrons. The molecule has 36 heavy (non-hydrogen) atoms. The third-order valence-corrected chi connectivity index (χ3v) is 6.58. The van der Waals surface area contributed by atoms with Crippen LogP contribution in [0.2, 0.25) is 0 Å². The largest absolute Gasteiger partial charge is 0.356 e. The molecule has 0 saturated carbocycles. The van der Waals surface area contributed by atoms with E-state index in [2.05, 4.69) is 129 Å². The molecule has 0 aliphatic carbocycles. The fourth-order valence-electron chi connectivity index (χ4n) is 4.70. The van der Waals surface area contributed by atoms with Gasteiger partial charge in [0.25, 0.3) is 0 Å². The standard InChI is InChI=1S/C35H39N/c1-4-8-27-13-19-31(20-14-27)35(32-12-7-11-29(25-32)10-6-3)26-30-17-23-34(24-18-30)36-33-21-15-28(9-5-2)16-22-33/h7,11-26,36H,4-6,8-10H2,1-3H3. The van der Waals surface area contributed by atoms with Crippen LogP contribution in [0.5, 0.6) is 0 Å². The van der Waals surface area contributed by atoms with Gasteiger partial charge in [0.05, 0.1) is 0 Å². The Kier molecular flexibility index (Phi) is 9.16. The van der Waals surface area contributed by atoms with Crippen LogP contribution in [-0.2, 0) is 19.3 Å². The number of nitrogens with one attached hydrogen (secondary N) is 1. The molecule has 1 N–H and O–H groups in total. The highest BCUT2D eigenvalue weighted by molar-refractivity contribution is 5.91. The van der Waals surface area contributed by atoms with Crippen LogP contribution < -0.4 is 5.32 Å². The molecule has 1 nitrogen and oxygen atoms in total. The molecule has 0 saturated heterocycles. The smallest absolute Gasteiger partial charge is 0.0384 e. The average molecular weight is 474 g/mol. The summed E-state index contributed by atoms with van der Waals surface area (Å²) in [6.45, 7) is 6.69. The quantitative estimate of drug-likeness (QED) is 0.214. The molecular weight excluding hydrogens is 434 g/mol. The lowest BCUT2D eigenvalue weighted by molar-refractivity contribution is 0.921. The molecule has 0 spiro atoms. The van der Waals surface area contributed by atoms with Gasteiger partial charge in [-0.15, -0.1) is 0 Å². The van der Waals surface area contributed by atoms with E-state index in [1.54, 1.807) is 0 Å². The molecule has 4 aromatic carbocycles. The summed E-state index contributed by atoms with van der Waals surface area (Å²) in [5.41, 5.74) is 11.4. The first-order chi connectivity index (χ1) is 17.7. The van der Waals surface area contributed by atoms with Gasteiger partial charge in [0, 0.05) is 11.4 Å². The minimum Gasteiger partial charge on any atom is -0.356 e. The highest BCUT2D eigenvalue weighted by atomic mass is 14.9. The van der Waals surface area contributed by atoms with Crippen LogP contribution in [-0.4, -0.2) is 0 Å². The van der Waals surface area contributed by atoms with E-state index < -0.39 is 0 Å². The van der Waals surface area contributed by atoms with Gasteiger partial charge in [-0.1, -0.05) is 113 Å². The highest BCUT2D eigenvalue weighted by Gasteiger charge is 2.08. The third kappa shape index (κ3) is 6.98. The van der Waals surface area contributed by atoms with Crippen LogP contribution >= 0.6 is 0 Å². The summed E-state index contributed by atoms with van der Waals surface area (Å²) < 4.78 is 0. The van der Waals surface area contributed by atoms with Crippen LogP contribution in [0.3, 0.4) is 0 Å². The lowest BCUT2D eigenvalue weighted by Crippen LogP contribution is -1.93. The molecule has 0 aliphatic heterocycles. The molecule has 0 aliphatic rings. The van der Waals surface area contributed by atoms with Crippen molar-refractivity contribution >= 4 is 23.0 Å². The predicted octanol–water partition coefficient (Wildman–Crippen LogP) is 9.88. The Balaban J connectivity index is 1.61. The average Bonchev–Trinajstić information content (AvgIpc) is 2.91. The first-order valence-corrected chi connectivity index (χ1v) is 13.5. The zero-order chi connectivity index (χ0) is 25.2. The maximum absolute atomic E-state index is 3.54. The Morgan fingerprint density at radius 3 is 1.67 bits per heavy atom. The van der Waals surface area contributed by atoms with E-state index >= 15 is 0 Å². The van der Waals surface area contributed by atoms with Crippen molar-refractivity contribution < 1.29 is 0 Å². The molecule has 0 fully saturated rings. The lowest BCUT2D eigenvalue weighted by Gasteiger charge is -2.12. The fraction of sp³-hybridized carbons (Fsp3) is 0.257. The Hall–Kier alpha value is -3.58. The monoisotopic (exact) mass is 473 g/mol. The predicted molar refractivity (Wildman–Crippen MR) is 158 cm³/mol. The maximum atomic E-state index is 3.54.